The minimum absolute atomic E-state index is 0.0933. The van der Waals surface area contributed by atoms with Crippen LogP contribution in [-0.4, -0.2) is 56.1 Å². The summed E-state index contributed by atoms with van der Waals surface area (Å²) >= 11 is 0. The summed E-state index contributed by atoms with van der Waals surface area (Å²) in [7, 11) is 0. The highest BCUT2D eigenvalue weighted by molar-refractivity contribution is 6.05. The van der Waals surface area contributed by atoms with Crippen molar-refractivity contribution in [2.45, 2.75) is 32.2 Å². The number of anilines is 2. The number of fused-ring (bicyclic) bond motifs is 1. The van der Waals surface area contributed by atoms with E-state index < -0.39 is 11.9 Å². The Bertz CT molecular complexity index is 1880. The molecule has 5 aromatic rings. The van der Waals surface area contributed by atoms with E-state index in [0.29, 0.717) is 53.2 Å². The van der Waals surface area contributed by atoms with E-state index >= 15 is 0 Å². The number of benzene rings is 3. The number of nitrogens with one attached hydrogen (secondary N) is 2. The van der Waals surface area contributed by atoms with Gasteiger partial charge in [-0.1, -0.05) is 42.5 Å². The zero-order valence-corrected chi connectivity index (χ0v) is 24.5. The summed E-state index contributed by atoms with van der Waals surface area (Å²) in [5, 5.41) is 17.1. The Labute approximate surface area is 258 Å². The molecule has 6 rings (SSSR count). The van der Waals surface area contributed by atoms with Gasteiger partial charge in [-0.2, -0.15) is 0 Å². The molecular weight excluding hydrogens is 575 g/mol. The molecule has 1 atom stereocenters. The van der Waals surface area contributed by atoms with Crippen LogP contribution in [0.2, 0.25) is 0 Å². The number of hydrogen-bond acceptors (Lipinski definition) is 7. The maximum atomic E-state index is 14.1. The summed E-state index contributed by atoms with van der Waals surface area (Å²) in [5.41, 5.74) is 2.99. The smallest absolute Gasteiger partial charge is 0.407 e. The SMILES string of the molecule is Cc1ccc2c(NC(=O)Cc3ccccc3F)cccc2c1Oc1ncccc1-c1ccnc(N[C@H]2CCCN(C(=O)O)C2)n1. The number of aryl methyl sites for hydroxylation is 1. The molecule has 0 unspecified atom stereocenters. The van der Waals surface area contributed by atoms with Crippen LogP contribution < -0.4 is 15.4 Å². The molecule has 2 amide bonds. The highest BCUT2D eigenvalue weighted by Crippen LogP contribution is 2.38. The second-order valence-electron chi connectivity index (χ2n) is 10.9. The van der Waals surface area contributed by atoms with Crippen LogP contribution in [0.15, 0.2) is 85.2 Å². The minimum Gasteiger partial charge on any atom is -0.465 e. The monoisotopic (exact) mass is 606 g/mol. The lowest BCUT2D eigenvalue weighted by Gasteiger charge is -2.31. The summed E-state index contributed by atoms with van der Waals surface area (Å²) in [6, 6.07) is 20.9. The zero-order chi connectivity index (χ0) is 31.3. The predicted octanol–water partition coefficient (Wildman–Crippen LogP) is 6.67. The largest absolute Gasteiger partial charge is 0.465 e. The first-order valence-corrected chi connectivity index (χ1v) is 14.6. The Balaban J connectivity index is 1.26. The third kappa shape index (κ3) is 6.67. The van der Waals surface area contributed by atoms with E-state index in [1.165, 1.54) is 11.0 Å². The number of ether oxygens (including phenoxy) is 1. The topological polar surface area (TPSA) is 130 Å². The van der Waals surface area contributed by atoms with Gasteiger partial charge in [-0.15, -0.1) is 0 Å². The maximum absolute atomic E-state index is 14.1. The van der Waals surface area contributed by atoms with E-state index in [2.05, 4.69) is 20.6 Å². The molecular formula is C34H31FN6O4. The molecule has 45 heavy (non-hydrogen) atoms. The third-order valence-corrected chi connectivity index (χ3v) is 7.72. The van der Waals surface area contributed by atoms with Crippen LogP contribution in [0, 0.1) is 12.7 Å². The zero-order valence-electron chi connectivity index (χ0n) is 24.5. The number of piperidine rings is 1. The highest BCUT2D eigenvalue weighted by Gasteiger charge is 2.24. The van der Waals surface area contributed by atoms with Gasteiger partial charge in [0.1, 0.15) is 11.6 Å². The number of likely N-dealkylation sites (tertiary alicyclic amines) is 1. The lowest BCUT2D eigenvalue weighted by atomic mass is 10.0. The van der Waals surface area contributed by atoms with Crippen molar-refractivity contribution in [1.29, 1.82) is 0 Å². The number of pyridine rings is 1. The summed E-state index contributed by atoms with van der Waals surface area (Å²) in [5.74, 6) is 0.535. The minimum atomic E-state index is -0.936. The average Bonchev–Trinajstić information content (AvgIpc) is 3.04. The van der Waals surface area contributed by atoms with Gasteiger partial charge in [0.2, 0.25) is 17.7 Å². The molecule has 0 saturated carbocycles. The lowest BCUT2D eigenvalue weighted by Crippen LogP contribution is -2.44. The average molecular weight is 607 g/mol. The number of carboxylic acid groups (broad SMARTS) is 1. The number of amides is 2. The molecule has 3 heterocycles. The molecule has 1 aliphatic heterocycles. The molecule has 1 saturated heterocycles. The summed E-state index contributed by atoms with van der Waals surface area (Å²) in [6.45, 7) is 2.80. The summed E-state index contributed by atoms with van der Waals surface area (Å²) in [4.78, 5) is 39.3. The molecule has 1 aliphatic rings. The number of carbonyl (C=O) groups excluding carboxylic acids is 1. The Hall–Kier alpha value is -5.58. The quantitative estimate of drug-likeness (QED) is 0.179. The lowest BCUT2D eigenvalue weighted by molar-refractivity contribution is -0.115. The van der Waals surface area contributed by atoms with Gasteiger partial charge in [0.05, 0.1) is 17.7 Å². The van der Waals surface area contributed by atoms with Crippen LogP contribution in [-0.2, 0) is 11.2 Å². The molecule has 10 nitrogen and oxygen atoms in total. The van der Waals surface area contributed by atoms with Crippen molar-refractivity contribution in [2.24, 2.45) is 0 Å². The van der Waals surface area contributed by atoms with E-state index in [4.69, 9.17) is 9.72 Å². The number of aromatic nitrogens is 3. The van der Waals surface area contributed by atoms with Crippen molar-refractivity contribution in [1.82, 2.24) is 19.9 Å². The van der Waals surface area contributed by atoms with Crippen molar-refractivity contribution in [3.8, 4) is 22.9 Å². The first-order valence-electron chi connectivity index (χ1n) is 14.6. The third-order valence-electron chi connectivity index (χ3n) is 7.72. The van der Waals surface area contributed by atoms with Crippen molar-refractivity contribution < 1.29 is 23.8 Å². The van der Waals surface area contributed by atoms with Gasteiger partial charge in [-0.3, -0.25) is 4.79 Å². The van der Waals surface area contributed by atoms with Crippen molar-refractivity contribution in [3.63, 3.8) is 0 Å². The van der Waals surface area contributed by atoms with Crippen molar-refractivity contribution in [3.05, 3.63) is 102 Å². The summed E-state index contributed by atoms with van der Waals surface area (Å²) in [6.07, 6.45) is 3.81. The van der Waals surface area contributed by atoms with Gasteiger partial charge in [0.15, 0.2) is 0 Å². The molecule has 2 aromatic heterocycles. The molecule has 0 radical (unpaired) electrons. The number of rotatable bonds is 8. The molecule has 0 spiro atoms. The summed E-state index contributed by atoms with van der Waals surface area (Å²) < 4.78 is 20.6. The van der Waals surface area contributed by atoms with Gasteiger partial charge in [0, 0.05) is 48.0 Å². The normalized spacial score (nSPS) is 14.6. The van der Waals surface area contributed by atoms with Crippen LogP contribution in [0.25, 0.3) is 22.0 Å². The van der Waals surface area contributed by atoms with Gasteiger partial charge >= 0.3 is 6.09 Å². The van der Waals surface area contributed by atoms with Gasteiger partial charge < -0.3 is 25.4 Å². The molecule has 0 bridgehead atoms. The van der Waals surface area contributed by atoms with E-state index in [0.717, 1.165) is 29.2 Å². The molecule has 11 heteroatoms. The fourth-order valence-corrected chi connectivity index (χ4v) is 5.49. The van der Waals surface area contributed by atoms with Crippen LogP contribution in [0.5, 0.6) is 11.6 Å². The number of nitrogens with zero attached hydrogens (tertiary/aromatic N) is 4. The molecule has 228 valence electrons. The number of carbonyl (C=O) groups is 2. The Morgan fingerprint density at radius 1 is 1.00 bits per heavy atom. The molecule has 3 N–H and O–H groups in total. The standard InChI is InChI=1S/C34H31FN6O4/c1-21-13-14-24-25(9-4-12-28(24)39-30(42)19-22-7-2-3-11-27(22)35)31(21)45-32-26(10-5-16-36-32)29-15-17-37-33(40-29)38-23-8-6-18-41(20-23)34(43)44/h2-5,7,9-17,23H,6,8,18-20H2,1H3,(H,39,42)(H,43,44)(H,37,38,40)/t23-/m0/s1. The second kappa shape index (κ2) is 13.0. The van der Waals surface area contributed by atoms with E-state index in [-0.39, 0.29) is 18.4 Å². The van der Waals surface area contributed by atoms with Crippen molar-refractivity contribution in [2.75, 3.05) is 23.7 Å². The number of hydrogen-bond donors (Lipinski definition) is 3. The van der Waals surface area contributed by atoms with Crippen LogP contribution >= 0.6 is 0 Å². The Morgan fingerprint density at radius 3 is 2.71 bits per heavy atom. The predicted molar refractivity (Wildman–Crippen MR) is 169 cm³/mol. The Morgan fingerprint density at radius 2 is 1.87 bits per heavy atom. The van der Waals surface area contributed by atoms with E-state index in [9.17, 15) is 19.1 Å². The first-order chi connectivity index (χ1) is 21.9. The van der Waals surface area contributed by atoms with Crippen LogP contribution in [0.1, 0.15) is 24.0 Å². The second-order valence-corrected chi connectivity index (χ2v) is 10.9. The number of halogens is 1. The maximum Gasteiger partial charge on any atom is 0.407 e. The van der Waals surface area contributed by atoms with Crippen LogP contribution in [0.3, 0.4) is 0 Å². The van der Waals surface area contributed by atoms with E-state index in [1.54, 1.807) is 48.8 Å². The van der Waals surface area contributed by atoms with Gasteiger partial charge in [-0.25, -0.2) is 24.1 Å². The molecule has 0 aliphatic carbocycles. The van der Waals surface area contributed by atoms with Crippen molar-refractivity contribution >= 4 is 34.4 Å². The Kier molecular flexibility index (Phi) is 8.50. The molecule has 1 fully saturated rings. The highest BCUT2D eigenvalue weighted by atomic mass is 19.1. The van der Waals surface area contributed by atoms with Gasteiger partial charge in [-0.05, 0) is 61.2 Å². The fraction of sp³-hybridized carbons (Fsp3) is 0.206. The van der Waals surface area contributed by atoms with Gasteiger partial charge in [0.25, 0.3) is 0 Å². The van der Waals surface area contributed by atoms with E-state index in [1.807, 2.05) is 37.3 Å². The molecule has 3 aromatic carbocycles. The van der Waals surface area contributed by atoms with Crippen LogP contribution in [0.4, 0.5) is 20.8 Å². The first kappa shape index (κ1) is 29.5. The fourth-order valence-electron chi connectivity index (χ4n) is 5.49.